The lowest BCUT2D eigenvalue weighted by molar-refractivity contribution is 0.0695. The summed E-state index contributed by atoms with van der Waals surface area (Å²) in [5.41, 5.74) is 1.76. The maximum absolute atomic E-state index is 11.3. The highest BCUT2D eigenvalue weighted by Gasteiger charge is 2.13. The Balaban J connectivity index is 2.21. The lowest BCUT2D eigenvalue weighted by atomic mass is 9.98. The molecule has 0 amide bonds. The number of halogens is 1. The molecule has 4 nitrogen and oxygen atoms in total. The SMILES string of the molecule is O=C(O)c1ccc(CCc2ccc(Br)cc2)c(C(=O)O)c1. The number of carbonyl (C=O) groups is 2. The zero-order chi connectivity index (χ0) is 15.4. The number of carboxylic acids is 2. The minimum absolute atomic E-state index is 0.0141. The molecule has 5 heteroatoms. The van der Waals surface area contributed by atoms with Crippen molar-refractivity contribution in [3.05, 3.63) is 69.2 Å². The molecule has 0 atom stereocenters. The third-order valence-electron chi connectivity index (χ3n) is 3.18. The molecule has 0 heterocycles. The minimum atomic E-state index is -1.13. The number of aromatic carboxylic acids is 2. The summed E-state index contributed by atoms with van der Waals surface area (Å²) in [5, 5.41) is 18.1. The largest absolute Gasteiger partial charge is 0.478 e. The molecule has 0 aliphatic carbocycles. The number of benzene rings is 2. The molecule has 0 saturated heterocycles. The predicted octanol–water partition coefficient (Wildman–Crippen LogP) is 3.63. The van der Waals surface area contributed by atoms with Crippen LogP contribution in [0.25, 0.3) is 0 Å². The van der Waals surface area contributed by atoms with E-state index >= 15 is 0 Å². The number of hydrogen-bond acceptors (Lipinski definition) is 2. The van der Waals surface area contributed by atoms with E-state index in [9.17, 15) is 14.7 Å². The molecule has 0 unspecified atom stereocenters. The molecule has 0 aliphatic rings. The van der Waals surface area contributed by atoms with E-state index in [1.807, 2.05) is 24.3 Å². The molecule has 0 radical (unpaired) electrons. The number of hydrogen-bond donors (Lipinski definition) is 2. The maximum atomic E-state index is 11.3. The Hall–Kier alpha value is -2.14. The van der Waals surface area contributed by atoms with Gasteiger partial charge in [-0.2, -0.15) is 0 Å². The molecule has 0 bridgehead atoms. The van der Waals surface area contributed by atoms with Crippen molar-refractivity contribution in [2.75, 3.05) is 0 Å². The first-order valence-electron chi connectivity index (χ1n) is 6.31. The quantitative estimate of drug-likeness (QED) is 0.864. The lowest BCUT2D eigenvalue weighted by Gasteiger charge is -2.07. The second kappa shape index (κ2) is 6.54. The first kappa shape index (κ1) is 15.3. The predicted molar refractivity (Wildman–Crippen MR) is 81.9 cm³/mol. The van der Waals surface area contributed by atoms with E-state index < -0.39 is 11.9 Å². The van der Waals surface area contributed by atoms with Crippen molar-refractivity contribution in [3.63, 3.8) is 0 Å². The standard InChI is InChI=1S/C16H13BrO4/c17-13-7-2-10(3-8-13)1-4-11-5-6-12(15(18)19)9-14(11)16(20)21/h2-3,5-9H,1,4H2,(H,18,19)(H,20,21). The Morgan fingerprint density at radius 3 is 2.14 bits per heavy atom. The van der Waals surface area contributed by atoms with Crippen molar-refractivity contribution < 1.29 is 19.8 Å². The molecule has 0 aromatic heterocycles. The Labute approximate surface area is 130 Å². The molecule has 0 saturated carbocycles. The summed E-state index contributed by atoms with van der Waals surface area (Å²) in [6.07, 6.45) is 1.24. The second-order valence-corrected chi connectivity index (χ2v) is 5.52. The van der Waals surface area contributed by atoms with Gasteiger partial charge in [0.15, 0.2) is 0 Å². The van der Waals surface area contributed by atoms with E-state index in [1.54, 1.807) is 6.07 Å². The highest BCUT2D eigenvalue weighted by atomic mass is 79.9. The van der Waals surface area contributed by atoms with Crippen molar-refractivity contribution in [2.45, 2.75) is 12.8 Å². The van der Waals surface area contributed by atoms with Crippen molar-refractivity contribution in [1.29, 1.82) is 0 Å². The summed E-state index contributed by atoms with van der Waals surface area (Å²) in [6.45, 7) is 0. The Kier molecular flexibility index (Phi) is 4.75. The van der Waals surface area contributed by atoms with Gasteiger partial charge >= 0.3 is 11.9 Å². The van der Waals surface area contributed by atoms with Gasteiger partial charge in [0.2, 0.25) is 0 Å². The van der Waals surface area contributed by atoms with Gasteiger partial charge in [-0.05, 0) is 48.2 Å². The summed E-state index contributed by atoms with van der Waals surface area (Å²) in [6, 6.07) is 12.0. The fourth-order valence-corrected chi connectivity index (χ4v) is 2.32. The van der Waals surface area contributed by atoms with Crippen LogP contribution in [0.2, 0.25) is 0 Å². The normalized spacial score (nSPS) is 10.3. The molecule has 2 aromatic carbocycles. The van der Waals surface area contributed by atoms with E-state index in [2.05, 4.69) is 15.9 Å². The summed E-state index contributed by atoms with van der Waals surface area (Å²) < 4.78 is 0.989. The van der Waals surface area contributed by atoms with Crippen molar-refractivity contribution in [2.24, 2.45) is 0 Å². The van der Waals surface area contributed by atoms with E-state index in [1.165, 1.54) is 12.1 Å². The fraction of sp³-hybridized carbons (Fsp3) is 0.125. The van der Waals surface area contributed by atoms with Gasteiger partial charge in [0.1, 0.15) is 0 Å². The van der Waals surface area contributed by atoms with Crippen molar-refractivity contribution in [1.82, 2.24) is 0 Å². The van der Waals surface area contributed by atoms with Crippen LogP contribution in [-0.4, -0.2) is 22.2 Å². The van der Waals surface area contributed by atoms with Gasteiger partial charge in [-0.1, -0.05) is 34.1 Å². The number of rotatable bonds is 5. The van der Waals surface area contributed by atoms with Crippen molar-refractivity contribution in [3.8, 4) is 0 Å². The number of aryl methyl sites for hydroxylation is 2. The van der Waals surface area contributed by atoms with Crippen LogP contribution in [0.15, 0.2) is 46.9 Å². The van der Waals surface area contributed by atoms with Crippen LogP contribution in [0, 0.1) is 0 Å². The maximum Gasteiger partial charge on any atom is 0.335 e. The first-order chi connectivity index (χ1) is 9.97. The molecule has 108 valence electrons. The average Bonchev–Trinajstić information content (AvgIpc) is 2.46. The zero-order valence-electron chi connectivity index (χ0n) is 11.0. The molecule has 2 aromatic rings. The van der Waals surface area contributed by atoms with Gasteiger partial charge in [0.05, 0.1) is 11.1 Å². The van der Waals surface area contributed by atoms with E-state index in [0.717, 1.165) is 10.0 Å². The Morgan fingerprint density at radius 2 is 1.57 bits per heavy atom. The minimum Gasteiger partial charge on any atom is -0.478 e. The van der Waals surface area contributed by atoms with Crippen LogP contribution in [0.5, 0.6) is 0 Å². The first-order valence-corrected chi connectivity index (χ1v) is 7.10. The highest BCUT2D eigenvalue weighted by molar-refractivity contribution is 9.10. The van der Waals surface area contributed by atoms with Crippen molar-refractivity contribution >= 4 is 27.9 Å². The summed E-state index contributed by atoms with van der Waals surface area (Å²) in [4.78, 5) is 22.2. The molecular formula is C16H13BrO4. The molecule has 21 heavy (non-hydrogen) atoms. The molecule has 0 aliphatic heterocycles. The van der Waals surface area contributed by atoms with Gasteiger partial charge in [-0.25, -0.2) is 9.59 Å². The van der Waals surface area contributed by atoms with Crippen LogP contribution in [0.1, 0.15) is 31.8 Å². The van der Waals surface area contributed by atoms with Gasteiger partial charge in [-0.15, -0.1) is 0 Å². The Morgan fingerprint density at radius 1 is 0.905 bits per heavy atom. The smallest absolute Gasteiger partial charge is 0.335 e. The summed E-state index contributed by atoms with van der Waals surface area (Å²) in [5.74, 6) is -2.24. The topological polar surface area (TPSA) is 74.6 Å². The van der Waals surface area contributed by atoms with Gasteiger partial charge < -0.3 is 10.2 Å². The van der Waals surface area contributed by atoms with Crippen LogP contribution in [-0.2, 0) is 12.8 Å². The van der Waals surface area contributed by atoms with E-state index in [4.69, 9.17) is 5.11 Å². The van der Waals surface area contributed by atoms with Gasteiger partial charge in [-0.3, -0.25) is 0 Å². The van der Waals surface area contributed by atoms with Crippen LogP contribution in [0.3, 0.4) is 0 Å². The average molecular weight is 349 g/mol. The summed E-state index contributed by atoms with van der Waals surface area (Å²) in [7, 11) is 0. The van der Waals surface area contributed by atoms with Gasteiger partial charge in [0.25, 0.3) is 0 Å². The highest BCUT2D eigenvalue weighted by Crippen LogP contribution is 2.17. The van der Waals surface area contributed by atoms with Crippen LogP contribution < -0.4 is 0 Å². The molecular weight excluding hydrogens is 336 g/mol. The summed E-state index contributed by atoms with van der Waals surface area (Å²) >= 11 is 3.36. The van der Waals surface area contributed by atoms with Crippen LogP contribution in [0.4, 0.5) is 0 Å². The van der Waals surface area contributed by atoms with E-state index in [0.29, 0.717) is 18.4 Å². The number of carboxylic acid groups (broad SMARTS) is 2. The zero-order valence-corrected chi connectivity index (χ0v) is 12.6. The lowest BCUT2D eigenvalue weighted by Crippen LogP contribution is -2.07. The van der Waals surface area contributed by atoms with Gasteiger partial charge in [0, 0.05) is 4.47 Å². The molecule has 0 fully saturated rings. The second-order valence-electron chi connectivity index (χ2n) is 4.61. The molecule has 2 N–H and O–H groups in total. The monoisotopic (exact) mass is 348 g/mol. The van der Waals surface area contributed by atoms with E-state index in [-0.39, 0.29) is 11.1 Å². The molecule has 0 spiro atoms. The molecule has 2 rings (SSSR count). The third kappa shape index (κ3) is 3.92. The Bertz CT molecular complexity index is 677. The fourth-order valence-electron chi connectivity index (χ4n) is 2.06. The third-order valence-corrected chi connectivity index (χ3v) is 3.71. The van der Waals surface area contributed by atoms with Crippen LogP contribution >= 0.6 is 15.9 Å².